The van der Waals surface area contributed by atoms with Crippen LogP contribution in [0.15, 0.2) is 6.33 Å². The Kier molecular flexibility index (Phi) is 2.87. The largest absolute Gasteiger partial charge is 0.315 e. The van der Waals surface area contributed by atoms with Crippen molar-refractivity contribution in [2.45, 2.75) is 24.4 Å². The second-order valence-electron chi connectivity index (χ2n) is 4.41. The fourth-order valence-electron chi connectivity index (χ4n) is 2.61. The lowest BCUT2D eigenvalue weighted by Crippen LogP contribution is -2.46. The van der Waals surface area contributed by atoms with Gasteiger partial charge in [0.1, 0.15) is 12.2 Å². The summed E-state index contributed by atoms with van der Waals surface area (Å²) in [7, 11) is 0. The first-order chi connectivity index (χ1) is 7.88. The topological polar surface area (TPSA) is 46.0 Å². The molecule has 2 atom stereocenters. The predicted molar refractivity (Wildman–Crippen MR) is 64.4 cm³/mol. The summed E-state index contributed by atoms with van der Waals surface area (Å²) in [5.74, 6) is 1.11. The van der Waals surface area contributed by atoms with E-state index in [1.807, 2.05) is 18.1 Å². The Morgan fingerprint density at radius 3 is 3.25 bits per heavy atom. The molecule has 0 amide bonds. The fraction of sp³-hybridized carbons (Fsp3) is 0.800. The lowest BCUT2D eigenvalue weighted by molar-refractivity contribution is 0.165. The minimum Gasteiger partial charge on any atom is -0.315 e. The first-order valence-corrected chi connectivity index (χ1v) is 7.01. The van der Waals surface area contributed by atoms with Crippen molar-refractivity contribution in [2.75, 3.05) is 25.9 Å². The van der Waals surface area contributed by atoms with E-state index in [0.717, 1.165) is 43.8 Å². The summed E-state index contributed by atoms with van der Waals surface area (Å²) in [6, 6.07) is 0.653. The van der Waals surface area contributed by atoms with E-state index in [1.54, 1.807) is 0 Å². The van der Waals surface area contributed by atoms with Gasteiger partial charge in [-0.1, -0.05) is 0 Å². The molecule has 0 spiro atoms. The van der Waals surface area contributed by atoms with Gasteiger partial charge in [-0.3, -0.25) is 4.90 Å². The van der Waals surface area contributed by atoms with Crippen LogP contribution in [0.5, 0.6) is 0 Å². The van der Waals surface area contributed by atoms with Gasteiger partial charge in [0.15, 0.2) is 0 Å². The zero-order chi connectivity index (χ0) is 11.0. The van der Waals surface area contributed by atoms with Gasteiger partial charge in [-0.05, 0) is 6.26 Å². The van der Waals surface area contributed by atoms with Crippen LogP contribution in [0.3, 0.4) is 0 Å². The lowest BCUT2D eigenvalue weighted by atomic mass is 10.2. The van der Waals surface area contributed by atoms with Crippen LogP contribution in [0.2, 0.25) is 0 Å². The normalized spacial score (nSPS) is 30.6. The molecule has 2 aliphatic heterocycles. The number of aromatic nitrogens is 3. The Morgan fingerprint density at radius 1 is 1.44 bits per heavy atom. The van der Waals surface area contributed by atoms with Crippen LogP contribution in [0, 0.1) is 0 Å². The molecule has 1 saturated heterocycles. The SMILES string of the molecule is CSC1CNCC1N1CCn2cnnc2C1. The Balaban J connectivity index is 1.73. The molecule has 16 heavy (non-hydrogen) atoms. The second-order valence-corrected chi connectivity index (χ2v) is 5.49. The predicted octanol–water partition coefficient (Wildman–Crippen LogP) is -0.203. The number of thioether (sulfide) groups is 1. The van der Waals surface area contributed by atoms with Gasteiger partial charge in [-0.2, -0.15) is 11.8 Å². The number of hydrogen-bond acceptors (Lipinski definition) is 5. The monoisotopic (exact) mass is 239 g/mol. The maximum Gasteiger partial charge on any atom is 0.147 e. The molecule has 3 rings (SSSR count). The molecule has 0 bridgehead atoms. The van der Waals surface area contributed by atoms with E-state index in [0.29, 0.717) is 6.04 Å². The van der Waals surface area contributed by atoms with Gasteiger partial charge in [-0.15, -0.1) is 10.2 Å². The number of fused-ring (bicyclic) bond motifs is 1. The van der Waals surface area contributed by atoms with Gasteiger partial charge in [0, 0.05) is 37.5 Å². The van der Waals surface area contributed by atoms with Crippen molar-refractivity contribution in [2.24, 2.45) is 0 Å². The first kappa shape index (κ1) is 10.6. The van der Waals surface area contributed by atoms with Crippen LogP contribution < -0.4 is 5.32 Å². The van der Waals surface area contributed by atoms with E-state index in [4.69, 9.17) is 0 Å². The third-order valence-corrected chi connectivity index (χ3v) is 4.65. The Hall–Kier alpha value is -0.590. The zero-order valence-electron chi connectivity index (χ0n) is 9.46. The number of hydrogen-bond donors (Lipinski definition) is 1. The summed E-state index contributed by atoms with van der Waals surface area (Å²) in [6.07, 6.45) is 4.04. The zero-order valence-corrected chi connectivity index (χ0v) is 10.3. The first-order valence-electron chi connectivity index (χ1n) is 5.72. The Bertz CT molecular complexity index is 366. The van der Waals surface area contributed by atoms with E-state index < -0.39 is 0 Å². The van der Waals surface area contributed by atoms with E-state index in [1.165, 1.54) is 0 Å². The van der Waals surface area contributed by atoms with Crippen molar-refractivity contribution in [1.29, 1.82) is 0 Å². The van der Waals surface area contributed by atoms with Gasteiger partial charge in [0.25, 0.3) is 0 Å². The van der Waals surface area contributed by atoms with Crippen LogP contribution in [0.1, 0.15) is 5.82 Å². The van der Waals surface area contributed by atoms with Crippen molar-refractivity contribution in [3.8, 4) is 0 Å². The van der Waals surface area contributed by atoms with E-state index in [-0.39, 0.29) is 0 Å². The smallest absolute Gasteiger partial charge is 0.147 e. The van der Waals surface area contributed by atoms with Crippen molar-refractivity contribution < 1.29 is 0 Å². The molecule has 1 N–H and O–H groups in total. The van der Waals surface area contributed by atoms with E-state index in [9.17, 15) is 0 Å². The second kappa shape index (κ2) is 4.35. The molecule has 2 unspecified atom stereocenters. The average Bonchev–Trinajstić information content (AvgIpc) is 2.96. The molecule has 3 heterocycles. The van der Waals surface area contributed by atoms with Gasteiger partial charge in [0.2, 0.25) is 0 Å². The summed E-state index contributed by atoms with van der Waals surface area (Å²) in [4.78, 5) is 2.55. The van der Waals surface area contributed by atoms with Gasteiger partial charge < -0.3 is 9.88 Å². The molecule has 0 saturated carbocycles. The van der Waals surface area contributed by atoms with Crippen molar-refractivity contribution >= 4 is 11.8 Å². The van der Waals surface area contributed by atoms with E-state index in [2.05, 4.69) is 31.2 Å². The number of nitrogens with zero attached hydrogens (tertiary/aromatic N) is 4. The molecule has 5 nitrogen and oxygen atoms in total. The van der Waals surface area contributed by atoms with E-state index >= 15 is 0 Å². The quantitative estimate of drug-likeness (QED) is 0.774. The highest BCUT2D eigenvalue weighted by Gasteiger charge is 2.33. The molecule has 2 aliphatic rings. The summed E-state index contributed by atoms with van der Waals surface area (Å²) >= 11 is 1.97. The molecule has 0 aliphatic carbocycles. The molecule has 0 aromatic carbocycles. The van der Waals surface area contributed by atoms with Crippen LogP contribution >= 0.6 is 11.8 Å². The lowest BCUT2D eigenvalue weighted by Gasteiger charge is -2.34. The maximum atomic E-state index is 4.17. The fourth-order valence-corrected chi connectivity index (χ4v) is 3.48. The molecular weight excluding hydrogens is 222 g/mol. The van der Waals surface area contributed by atoms with Crippen LogP contribution in [0.4, 0.5) is 0 Å². The highest BCUT2D eigenvalue weighted by molar-refractivity contribution is 7.99. The minimum absolute atomic E-state index is 0.653. The van der Waals surface area contributed by atoms with Crippen LogP contribution in [-0.2, 0) is 13.1 Å². The molecule has 1 aromatic heterocycles. The van der Waals surface area contributed by atoms with Crippen molar-refractivity contribution in [3.63, 3.8) is 0 Å². The highest BCUT2D eigenvalue weighted by Crippen LogP contribution is 2.23. The minimum atomic E-state index is 0.653. The maximum absolute atomic E-state index is 4.17. The molecule has 6 heteroatoms. The summed E-state index contributed by atoms with van der Waals surface area (Å²) < 4.78 is 2.16. The van der Waals surface area contributed by atoms with Crippen LogP contribution in [-0.4, -0.2) is 56.8 Å². The van der Waals surface area contributed by atoms with Gasteiger partial charge in [0.05, 0.1) is 6.54 Å². The third-order valence-electron chi connectivity index (χ3n) is 3.57. The average molecular weight is 239 g/mol. The number of nitrogens with one attached hydrogen (secondary N) is 1. The highest BCUT2D eigenvalue weighted by atomic mass is 32.2. The molecule has 88 valence electrons. The van der Waals surface area contributed by atoms with Gasteiger partial charge in [-0.25, -0.2) is 0 Å². The van der Waals surface area contributed by atoms with Crippen molar-refractivity contribution in [1.82, 2.24) is 25.0 Å². The molecular formula is C10H17N5S. The molecule has 0 radical (unpaired) electrons. The van der Waals surface area contributed by atoms with Gasteiger partial charge >= 0.3 is 0 Å². The molecule has 1 fully saturated rings. The Labute approximate surface area is 99.6 Å². The summed E-state index contributed by atoms with van der Waals surface area (Å²) in [5, 5.41) is 12.3. The number of rotatable bonds is 2. The third kappa shape index (κ3) is 1.74. The molecule has 1 aromatic rings. The summed E-state index contributed by atoms with van der Waals surface area (Å²) in [6.45, 7) is 5.34. The van der Waals surface area contributed by atoms with Crippen molar-refractivity contribution in [3.05, 3.63) is 12.2 Å². The Morgan fingerprint density at radius 2 is 2.38 bits per heavy atom. The summed E-state index contributed by atoms with van der Waals surface area (Å²) in [5.41, 5.74) is 0. The standard InChI is InChI=1S/C10H17N5S/c1-16-9-5-11-4-8(9)14-2-3-15-7-12-13-10(15)6-14/h7-9,11H,2-6H2,1H3. The van der Waals surface area contributed by atoms with Crippen LogP contribution in [0.25, 0.3) is 0 Å².